The molecule has 6 heteroatoms. The van der Waals surface area contributed by atoms with Gasteiger partial charge >= 0.3 is 5.97 Å². The third-order valence-electron chi connectivity index (χ3n) is 2.62. The summed E-state index contributed by atoms with van der Waals surface area (Å²) in [6.07, 6.45) is 2.06. The molecule has 0 aromatic heterocycles. The number of benzene rings is 1. The zero-order valence-corrected chi connectivity index (χ0v) is 13.4. The smallest absolute Gasteiger partial charge is 0.326 e. The second-order valence-electron chi connectivity index (χ2n) is 4.13. The van der Waals surface area contributed by atoms with Gasteiger partial charge in [0.25, 0.3) is 5.91 Å². The minimum absolute atomic E-state index is 0.399. The molecule has 19 heavy (non-hydrogen) atoms. The molecule has 1 rings (SSSR count). The van der Waals surface area contributed by atoms with Gasteiger partial charge in [0, 0.05) is 8.59 Å². The lowest BCUT2D eigenvalue weighted by Crippen LogP contribution is -2.41. The minimum atomic E-state index is -1.01. The minimum Gasteiger partial charge on any atom is -0.480 e. The van der Waals surface area contributed by atoms with Crippen molar-refractivity contribution in [3.05, 3.63) is 32.4 Å². The van der Waals surface area contributed by atoms with Crippen LogP contribution in [0.1, 0.15) is 36.5 Å². The van der Waals surface area contributed by atoms with Gasteiger partial charge in [-0.05, 0) is 47.2 Å². The summed E-state index contributed by atoms with van der Waals surface area (Å²) in [4.78, 5) is 23.1. The number of carboxylic acids is 1. The summed E-state index contributed by atoms with van der Waals surface area (Å²) >= 11 is 7.86. The lowest BCUT2D eigenvalue weighted by molar-refractivity contribution is -0.139. The number of carboxylic acid groups (broad SMARTS) is 1. The van der Waals surface area contributed by atoms with Crippen LogP contribution in [0.5, 0.6) is 0 Å². The molecule has 1 aromatic carbocycles. The Kier molecular flexibility index (Phi) is 6.57. The second-order valence-corrected chi connectivity index (χ2v) is 5.73. The fourth-order valence-electron chi connectivity index (χ4n) is 1.57. The SMILES string of the molecule is CCCC[C@H](NC(=O)c1cc(Cl)ccc1I)C(=O)O. The molecule has 0 radical (unpaired) electrons. The zero-order chi connectivity index (χ0) is 14.4. The van der Waals surface area contributed by atoms with Crippen LogP contribution in [-0.4, -0.2) is 23.0 Å². The molecule has 0 spiro atoms. The van der Waals surface area contributed by atoms with Crippen LogP contribution in [0.2, 0.25) is 5.02 Å². The summed E-state index contributed by atoms with van der Waals surface area (Å²) in [5.41, 5.74) is 0.399. The lowest BCUT2D eigenvalue weighted by atomic mass is 10.1. The number of hydrogen-bond donors (Lipinski definition) is 2. The first-order valence-corrected chi connectivity index (χ1v) is 7.40. The molecule has 1 atom stereocenters. The summed E-state index contributed by atoms with van der Waals surface area (Å²) in [5.74, 6) is -1.42. The Labute approximate surface area is 130 Å². The molecule has 2 N–H and O–H groups in total. The first-order valence-electron chi connectivity index (χ1n) is 5.94. The highest BCUT2D eigenvalue weighted by molar-refractivity contribution is 14.1. The van der Waals surface area contributed by atoms with E-state index in [0.717, 1.165) is 16.4 Å². The van der Waals surface area contributed by atoms with E-state index in [1.807, 2.05) is 29.5 Å². The molecule has 0 heterocycles. The molecule has 104 valence electrons. The molecular weight excluding hydrogens is 381 g/mol. The number of rotatable bonds is 6. The quantitative estimate of drug-likeness (QED) is 0.726. The van der Waals surface area contributed by atoms with Crippen LogP contribution in [0.25, 0.3) is 0 Å². The Hall–Kier alpha value is -0.820. The van der Waals surface area contributed by atoms with Gasteiger partial charge in [-0.25, -0.2) is 4.79 Å². The molecule has 0 unspecified atom stereocenters. The van der Waals surface area contributed by atoms with Gasteiger partial charge in [-0.2, -0.15) is 0 Å². The van der Waals surface area contributed by atoms with Gasteiger partial charge in [-0.1, -0.05) is 31.4 Å². The Bertz CT molecular complexity index is 479. The molecular formula is C13H15ClINO3. The van der Waals surface area contributed by atoms with E-state index in [1.165, 1.54) is 6.07 Å². The van der Waals surface area contributed by atoms with Crippen LogP contribution in [0.3, 0.4) is 0 Å². The predicted octanol–water partition coefficient (Wildman–Crippen LogP) is 3.32. The van der Waals surface area contributed by atoms with Crippen molar-refractivity contribution in [3.63, 3.8) is 0 Å². The van der Waals surface area contributed by atoms with Crippen LogP contribution in [0.4, 0.5) is 0 Å². The Morgan fingerprint density at radius 1 is 1.47 bits per heavy atom. The average Bonchev–Trinajstić information content (AvgIpc) is 2.36. The largest absolute Gasteiger partial charge is 0.480 e. The van der Waals surface area contributed by atoms with Crippen LogP contribution in [0.15, 0.2) is 18.2 Å². The number of carbonyl (C=O) groups excluding carboxylic acids is 1. The van der Waals surface area contributed by atoms with E-state index in [4.69, 9.17) is 16.7 Å². The highest BCUT2D eigenvalue weighted by Crippen LogP contribution is 2.18. The number of amides is 1. The van der Waals surface area contributed by atoms with Crippen LogP contribution < -0.4 is 5.32 Å². The van der Waals surface area contributed by atoms with E-state index in [0.29, 0.717) is 17.0 Å². The Balaban J connectivity index is 2.81. The summed E-state index contributed by atoms with van der Waals surface area (Å²) in [7, 11) is 0. The van der Waals surface area contributed by atoms with E-state index < -0.39 is 17.9 Å². The third-order valence-corrected chi connectivity index (χ3v) is 3.80. The first-order chi connectivity index (χ1) is 8.95. The highest BCUT2D eigenvalue weighted by Gasteiger charge is 2.21. The number of halogens is 2. The molecule has 0 bridgehead atoms. The molecule has 0 aliphatic rings. The fraction of sp³-hybridized carbons (Fsp3) is 0.385. The van der Waals surface area contributed by atoms with Crippen molar-refractivity contribution < 1.29 is 14.7 Å². The van der Waals surface area contributed by atoms with Crippen molar-refractivity contribution in [2.75, 3.05) is 0 Å². The molecule has 1 aromatic rings. The maximum atomic E-state index is 12.1. The van der Waals surface area contributed by atoms with E-state index in [9.17, 15) is 9.59 Å². The standard InChI is InChI=1S/C13H15ClINO3/c1-2-3-4-11(13(18)19)16-12(17)9-7-8(14)5-6-10(9)15/h5-7,11H,2-4H2,1H3,(H,16,17)(H,18,19)/t11-/m0/s1. The van der Waals surface area contributed by atoms with Crippen molar-refractivity contribution in [2.45, 2.75) is 32.2 Å². The van der Waals surface area contributed by atoms with Crippen LogP contribution >= 0.6 is 34.2 Å². The second kappa shape index (κ2) is 7.69. The zero-order valence-electron chi connectivity index (χ0n) is 10.5. The van der Waals surface area contributed by atoms with E-state index in [2.05, 4.69) is 5.32 Å². The Morgan fingerprint density at radius 3 is 2.74 bits per heavy atom. The van der Waals surface area contributed by atoms with Crippen molar-refractivity contribution in [3.8, 4) is 0 Å². The fourth-order valence-corrected chi connectivity index (χ4v) is 2.33. The molecule has 0 saturated heterocycles. The topological polar surface area (TPSA) is 66.4 Å². The van der Waals surface area contributed by atoms with Crippen LogP contribution in [0, 0.1) is 3.57 Å². The maximum Gasteiger partial charge on any atom is 0.326 e. The molecule has 0 aliphatic carbocycles. The van der Waals surface area contributed by atoms with Gasteiger partial charge < -0.3 is 10.4 Å². The van der Waals surface area contributed by atoms with E-state index in [1.54, 1.807) is 12.1 Å². The predicted molar refractivity (Wildman–Crippen MR) is 82.6 cm³/mol. The summed E-state index contributed by atoms with van der Waals surface area (Å²) in [6, 6.07) is 4.09. The van der Waals surface area contributed by atoms with Gasteiger partial charge in [0.2, 0.25) is 0 Å². The molecule has 0 saturated carbocycles. The van der Waals surface area contributed by atoms with E-state index in [-0.39, 0.29) is 0 Å². The van der Waals surface area contributed by atoms with Gasteiger partial charge in [-0.3, -0.25) is 4.79 Å². The van der Waals surface area contributed by atoms with Gasteiger partial charge in [0.15, 0.2) is 0 Å². The number of nitrogens with one attached hydrogen (secondary N) is 1. The summed E-state index contributed by atoms with van der Waals surface area (Å²) in [5, 5.41) is 12.1. The molecule has 4 nitrogen and oxygen atoms in total. The first kappa shape index (κ1) is 16.2. The molecule has 0 aliphatic heterocycles. The average molecular weight is 396 g/mol. The molecule has 0 fully saturated rings. The van der Waals surface area contributed by atoms with Gasteiger partial charge in [-0.15, -0.1) is 0 Å². The lowest BCUT2D eigenvalue weighted by Gasteiger charge is -2.14. The number of aliphatic carboxylic acids is 1. The number of carbonyl (C=O) groups is 2. The molecule has 1 amide bonds. The number of unbranched alkanes of at least 4 members (excludes halogenated alkanes) is 1. The van der Waals surface area contributed by atoms with Crippen molar-refractivity contribution >= 4 is 46.1 Å². The van der Waals surface area contributed by atoms with Crippen molar-refractivity contribution in [2.24, 2.45) is 0 Å². The van der Waals surface area contributed by atoms with Crippen molar-refractivity contribution in [1.29, 1.82) is 0 Å². The van der Waals surface area contributed by atoms with Crippen molar-refractivity contribution in [1.82, 2.24) is 5.32 Å². The van der Waals surface area contributed by atoms with Gasteiger partial charge in [0.1, 0.15) is 6.04 Å². The monoisotopic (exact) mass is 395 g/mol. The Morgan fingerprint density at radius 2 is 2.16 bits per heavy atom. The number of hydrogen-bond acceptors (Lipinski definition) is 2. The van der Waals surface area contributed by atoms with E-state index >= 15 is 0 Å². The summed E-state index contributed by atoms with van der Waals surface area (Å²) < 4.78 is 0.735. The normalized spacial score (nSPS) is 11.9. The summed E-state index contributed by atoms with van der Waals surface area (Å²) in [6.45, 7) is 1.97. The van der Waals surface area contributed by atoms with Crippen LogP contribution in [-0.2, 0) is 4.79 Å². The van der Waals surface area contributed by atoms with Gasteiger partial charge in [0.05, 0.1) is 5.56 Å². The maximum absolute atomic E-state index is 12.1. The third kappa shape index (κ3) is 4.99. The highest BCUT2D eigenvalue weighted by atomic mass is 127.